The van der Waals surface area contributed by atoms with E-state index in [0.29, 0.717) is 16.6 Å². The Morgan fingerprint density at radius 3 is 2.81 bits per heavy atom. The van der Waals surface area contributed by atoms with E-state index in [2.05, 4.69) is 15.6 Å². The fraction of sp³-hybridized carbons (Fsp3) is 0.500. The Kier molecular flexibility index (Phi) is 8.70. The Labute approximate surface area is 152 Å². The molecule has 7 heteroatoms. The molecule has 4 nitrogen and oxygen atoms in total. The number of hydrogen-bond donors (Lipinski definition) is 2. The predicted molar refractivity (Wildman–Crippen MR) is 99.1 cm³/mol. The lowest BCUT2D eigenvalue weighted by atomic mass is 10.2. The van der Waals surface area contributed by atoms with Gasteiger partial charge in [-0.3, -0.25) is 4.99 Å². The zero-order valence-electron chi connectivity index (χ0n) is 11.9. The van der Waals surface area contributed by atoms with E-state index >= 15 is 0 Å². The van der Waals surface area contributed by atoms with Crippen LogP contribution >= 0.6 is 47.2 Å². The molecule has 0 spiro atoms. The van der Waals surface area contributed by atoms with Crippen LogP contribution in [0.1, 0.15) is 18.4 Å². The number of ether oxygens (including phenoxy) is 1. The van der Waals surface area contributed by atoms with Crippen molar-refractivity contribution in [1.29, 1.82) is 0 Å². The minimum Gasteiger partial charge on any atom is -0.376 e. The number of aliphatic imine (C=N–C) groups is 1. The first kappa shape index (κ1) is 18.8. The summed E-state index contributed by atoms with van der Waals surface area (Å²) in [7, 11) is 1.74. The number of hydrogen-bond acceptors (Lipinski definition) is 2. The van der Waals surface area contributed by atoms with E-state index in [-0.39, 0.29) is 30.1 Å². The van der Waals surface area contributed by atoms with Crippen LogP contribution in [0, 0.1) is 0 Å². The highest BCUT2D eigenvalue weighted by Crippen LogP contribution is 2.20. The maximum absolute atomic E-state index is 6.13. The van der Waals surface area contributed by atoms with E-state index in [1.807, 2.05) is 12.1 Å². The molecule has 118 valence electrons. The molecule has 1 fully saturated rings. The Balaban J connectivity index is 0.00000220. The van der Waals surface area contributed by atoms with E-state index in [4.69, 9.17) is 27.9 Å². The van der Waals surface area contributed by atoms with Gasteiger partial charge in [-0.2, -0.15) is 0 Å². The van der Waals surface area contributed by atoms with Gasteiger partial charge in [-0.15, -0.1) is 24.0 Å². The first-order chi connectivity index (χ1) is 9.69. The fourth-order valence-corrected chi connectivity index (χ4v) is 2.56. The molecule has 21 heavy (non-hydrogen) atoms. The number of benzene rings is 1. The molecule has 0 aromatic heterocycles. The number of rotatable bonds is 4. The molecular formula is C14H20Cl2IN3O. The highest BCUT2D eigenvalue weighted by Gasteiger charge is 2.15. The van der Waals surface area contributed by atoms with Gasteiger partial charge < -0.3 is 15.4 Å². The minimum absolute atomic E-state index is 0. The van der Waals surface area contributed by atoms with E-state index < -0.39 is 0 Å². The van der Waals surface area contributed by atoms with Crippen LogP contribution in [-0.2, 0) is 11.3 Å². The number of halogens is 3. The Hall–Kier alpha value is -0.240. The number of nitrogens with one attached hydrogen (secondary N) is 2. The lowest BCUT2D eigenvalue weighted by molar-refractivity contribution is 0.114. The van der Waals surface area contributed by atoms with E-state index in [0.717, 1.165) is 37.5 Å². The molecule has 0 radical (unpaired) electrons. The lowest BCUT2D eigenvalue weighted by Crippen LogP contribution is -2.40. The van der Waals surface area contributed by atoms with Crippen LogP contribution < -0.4 is 10.6 Å². The first-order valence-electron chi connectivity index (χ1n) is 6.69. The topological polar surface area (TPSA) is 45.7 Å². The molecule has 2 N–H and O–H groups in total. The molecular weight excluding hydrogens is 424 g/mol. The Morgan fingerprint density at radius 2 is 2.19 bits per heavy atom. The monoisotopic (exact) mass is 443 g/mol. The first-order valence-corrected chi connectivity index (χ1v) is 7.44. The standard InChI is InChI=1S/C14H19Cl2N3O.HI/c1-17-14(19-9-12-3-2-6-20-12)18-8-10-4-5-11(15)7-13(10)16;/h4-5,7,12H,2-3,6,8-9H2,1H3,(H2,17,18,19);1H. The maximum Gasteiger partial charge on any atom is 0.191 e. The third kappa shape index (κ3) is 6.18. The van der Waals surface area contributed by atoms with Gasteiger partial charge in [0.15, 0.2) is 5.96 Å². The summed E-state index contributed by atoms with van der Waals surface area (Å²) in [6.07, 6.45) is 2.53. The van der Waals surface area contributed by atoms with Gasteiger partial charge in [0.05, 0.1) is 6.10 Å². The molecule has 1 unspecified atom stereocenters. The summed E-state index contributed by atoms with van der Waals surface area (Å²) < 4.78 is 5.56. The van der Waals surface area contributed by atoms with Gasteiger partial charge in [0.1, 0.15) is 0 Å². The van der Waals surface area contributed by atoms with Crippen LogP contribution in [-0.4, -0.2) is 32.3 Å². The smallest absolute Gasteiger partial charge is 0.191 e. The van der Waals surface area contributed by atoms with Crippen LogP contribution in [0.15, 0.2) is 23.2 Å². The molecule has 2 rings (SSSR count). The lowest BCUT2D eigenvalue weighted by Gasteiger charge is -2.15. The minimum atomic E-state index is 0. The van der Waals surface area contributed by atoms with Crippen molar-refractivity contribution in [2.45, 2.75) is 25.5 Å². The third-order valence-corrected chi connectivity index (χ3v) is 3.79. The van der Waals surface area contributed by atoms with Gasteiger partial charge in [-0.1, -0.05) is 29.3 Å². The van der Waals surface area contributed by atoms with Crippen LogP contribution in [0.25, 0.3) is 0 Å². The number of guanidine groups is 1. The van der Waals surface area contributed by atoms with Gasteiger partial charge in [-0.25, -0.2) is 0 Å². The Bertz CT molecular complexity index is 479. The van der Waals surface area contributed by atoms with Gasteiger partial charge in [0.25, 0.3) is 0 Å². The zero-order chi connectivity index (χ0) is 14.4. The maximum atomic E-state index is 6.13. The molecule has 0 saturated carbocycles. The van der Waals surface area contributed by atoms with Crippen molar-refractivity contribution in [3.05, 3.63) is 33.8 Å². The van der Waals surface area contributed by atoms with Crippen LogP contribution in [0.4, 0.5) is 0 Å². The SMILES string of the molecule is CN=C(NCc1ccc(Cl)cc1Cl)NCC1CCCO1.I. The van der Waals surface area contributed by atoms with E-state index in [9.17, 15) is 0 Å². The molecule has 1 atom stereocenters. The number of nitrogens with zero attached hydrogens (tertiary/aromatic N) is 1. The largest absolute Gasteiger partial charge is 0.376 e. The van der Waals surface area contributed by atoms with Gasteiger partial charge in [0, 0.05) is 36.8 Å². The van der Waals surface area contributed by atoms with Crippen molar-refractivity contribution in [3.63, 3.8) is 0 Å². The summed E-state index contributed by atoms with van der Waals surface area (Å²) in [6.45, 7) is 2.23. The second-order valence-electron chi connectivity index (χ2n) is 4.68. The summed E-state index contributed by atoms with van der Waals surface area (Å²) in [6, 6.07) is 5.47. The van der Waals surface area contributed by atoms with Crippen LogP contribution in [0.2, 0.25) is 10.0 Å². The van der Waals surface area contributed by atoms with E-state index in [1.54, 1.807) is 13.1 Å². The zero-order valence-corrected chi connectivity index (χ0v) is 15.7. The van der Waals surface area contributed by atoms with E-state index in [1.165, 1.54) is 0 Å². The second-order valence-corrected chi connectivity index (χ2v) is 5.52. The molecule has 0 aliphatic carbocycles. The summed E-state index contributed by atoms with van der Waals surface area (Å²) >= 11 is 12.0. The highest BCUT2D eigenvalue weighted by atomic mass is 127. The van der Waals surface area contributed by atoms with Crippen molar-refractivity contribution >= 4 is 53.1 Å². The molecule has 1 heterocycles. The predicted octanol–water partition coefficient (Wildman–Crippen LogP) is 3.46. The molecule has 1 saturated heterocycles. The second kappa shape index (κ2) is 9.71. The van der Waals surface area contributed by atoms with Gasteiger partial charge >= 0.3 is 0 Å². The van der Waals surface area contributed by atoms with Gasteiger partial charge in [0.2, 0.25) is 0 Å². The van der Waals surface area contributed by atoms with Crippen molar-refractivity contribution < 1.29 is 4.74 Å². The Morgan fingerprint density at radius 1 is 1.38 bits per heavy atom. The molecule has 1 aromatic rings. The fourth-order valence-electron chi connectivity index (χ4n) is 2.08. The summed E-state index contributed by atoms with van der Waals surface area (Å²) in [4.78, 5) is 4.18. The van der Waals surface area contributed by atoms with Crippen molar-refractivity contribution in [3.8, 4) is 0 Å². The van der Waals surface area contributed by atoms with Crippen LogP contribution in [0.5, 0.6) is 0 Å². The van der Waals surface area contributed by atoms with Crippen molar-refractivity contribution in [2.75, 3.05) is 20.2 Å². The summed E-state index contributed by atoms with van der Waals surface area (Å²) in [5.41, 5.74) is 0.983. The third-order valence-electron chi connectivity index (χ3n) is 3.21. The molecule has 0 amide bonds. The summed E-state index contributed by atoms with van der Waals surface area (Å²) in [5, 5.41) is 7.77. The average Bonchev–Trinajstić information content (AvgIpc) is 2.94. The van der Waals surface area contributed by atoms with Crippen molar-refractivity contribution in [2.24, 2.45) is 4.99 Å². The normalized spacial score (nSPS) is 18.2. The molecule has 0 bridgehead atoms. The highest BCUT2D eigenvalue weighted by molar-refractivity contribution is 14.0. The van der Waals surface area contributed by atoms with Gasteiger partial charge in [-0.05, 0) is 30.5 Å². The van der Waals surface area contributed by atoms with Crippen molar-refractivity contribution in [1.82, 2.24) is 10.6 Å². The quantitative estimate of drug-likeness (QED) is 0.425. The molecule has 1 aromatic carbocycles. The average molecular weight is 444 g/mol. The molecule has 1 aliphatic rings. The molecule has 1 aliphatic heterocycles. The van der Waals surface area contributed by atoms with Crippen LogP contribution in [0.3, 0.4) is 0 Å². The summed E-state index contributed by atoms with van der Waals surface area (Å²) in [5.74, 6) is 0.742.